The van der Waals surface area contributed by atoms with E-state index in [0.29, 0.717) is 19.3 Å². The summed E-state index contributed by atoms with van der Waals surface area (Å²) in [7, 11) is -9.70. The molecule has 3 atom stereocenters. The summed E-state index contributed by atoms with van der Waals surface area (Å²) in [6.07, 6.45) is 28.5. The lowest BCUT2D eigenvalue weighted by Crippen LogP contribution is -2.30. The molecule has 0 aromatic rings. The lowest BCUT2D eigenvalue weighted by Gasteiger charge is -2.20. The molecule has 4 N–H and O–H groups in total. The molecular weight excluding hydrogens is 766 g/mol. The predicted molar refractivity (Wildman–Crippen MR) is 217 cm³/mol. The van der Waals surface area contributed by atoms with Crippen molar-refractivity contribution in [1.82, 2.24) is 0 Å². The van der Waals surface area contributed by atoms with Crippen molar-refractivity contribution in [3.8, 4) is 0 Å². The third-order valence-corrected chi connectivity index (χ3v) is 10.2. The lowest BCUT2D eigenvalue weighted by molar-refractivity contribution is -0.161. The monoisotopic (exact) mass is 840 g/mol. The SMILES string of the molecule is CCCCC/C=C\C=C\C(=O)CCCCCCCC(=O)OC[C@H](COP(=O)(O)OC[C@@H](O)COP(=O)(O)O)OC(=O)CCCCCCCCCCCCCCC. The number of hydrogen-bond donors (Lipinski definition) is 4. The van der Waals surface area contributed by atoms with Crippen LogP contribution < -0.4 is 0 Å². The Labute approximate surface area is 336 Å². The molecular formula is C40H74O14P2. The second kappa shape index (κ2) is 36.4. The Morgan fingerprint density at radius 3 is 1.57 bits per heavy atom. The van der Waals surface area contributed by atoms with Gasteiger partial charge in [-0.2, -0.15) is 0 Å². The molecule has 0 bridgehead atoms. The van der Waals surface area contributed by atoms with Gasteiger partial charge in [-0.25, -0.2) is 9.13 Å². The number of ether oxygens (including phenoxy) is 2. The number of rotatable bonds is 40. The minimum atomic E-state index is -4.87. The standard InChI is InChI=1S/C40H74O14P2/c1-3-5-7-9-11-12-13-14-15-16-18-22-27-31-40(44)54-38(35-53-56(48,49)52-33-37(42)32-51-55(45,46)47)34-50-39(43)30-26-23-19-21-25-29-36(41)28-24-20-17-10-8-6-4-2/h17,20,24,28,37-38,42H,3-16,18-19,21-23,25-27,29-35H2,1-2H3,(H,48,49)(H2,45,46,47)/b20-17-,28-24+/t37-,38+/m0/s1. The molecule has 0 aliphatic carbocycles. The van der Waals surface area contributed by atoms with E-state index in [1.54, 1.807) is 12.2 Å². The molecule has 0 fully saturated rings. The van der Waals surface area contributed by atoms with Gasteiger partial charge in [-0.3, -0.25) is 28.0 Å². The van der Waals surface area contributed by atoms with Crippen molar-refractivity contribution >= 4 is 33.4 Å². The van der Waals surface area contributed by atoms with Gasteiger partial charge in [0.25, 0.3) is 0 Å². The quantitative estimate of drug-likeness (QED) is 0.0149. The summed E-state index contributed by atoms with van der Waals surface area (Å²) in [5, 5.41) is 9.72. The molecule has 56 heavy (non-hydrogen) atoms. The molecule has 14 nitrogen and oxygen atoms in total. The van der Waals surface area contributed by atoms with Crippen LogP contribution in [0.2, 0.25) is 0 Å². The molecule has 0 saturated carbocycles. The van der Waals surface area contributed by atoms with E-state index in [0.717, 1.165) is 64.2 Å². The van der Waals surface area contributed by atoms with Crippen molar-refractivity contribution in [2.75, 3.05) is 26.4 Å². The third-order valence-electron chi connectivity index (χ3n) is 8.81. The van der Waals surface area contributed by atoms with Gasteiger partial charge in [0.15, 0.2) is 11.9 Å². The van der Waals surface area contributed by atoms with Crippen LogP contribution in [-0.2, 0) is 46.6 Å². The number of carbonyl (C=O) groups excluding carboxylic acids is 3. The largest absolute Gasteiger partial charge is 0.472 e. The molecule has 0 aliphatic heterocycles. The highest BCUT2D eigenvalue weighted by Gasteiger charge is 2.28. The molecule has 0 spiro atoms. The summed E-state index contributed by atoms with van der Waals surface area (Å²) in [5.41, 5.74) is 0. The maximum absolute atomic E-state index is 12.6. The highest BCUT2D eigenvalue weighted by Crippen LogP contribution is 2.43. The molecule has 1 unspecified atom stereocenters. The Hall–Kier alpha value is -1.73. The number of aliphatic hydroxyl groups excluding tert-OH is 1. The van der Waals surface area contributed by atoms with Gasteiger partial charge in [-0.1, -0.05) is 141 Å². The summed E-state index contributed by atoms with van der Waals surface area (Å²) < 4.78 is 47.6. The molecule has 0 heterocycles. The minimum Gasteiger partial charge on any atom is -0.462 e. The van der Waals surface area contributed by atoms with Gasteiger partial charge in [0.1, 0.15) is 12.7 Å². The molecule has 0 amide bonds. The fourth-order valence-corrected chi connectivity index (χ4v) is 6.72. The Kier molecular flexibility index (Phi) is 35.2. The van der Waals surface area contributed by atoms with Crippen molar-refractivity contribution < 1.29 is 66.3 Å². The molecule has 0 aliphatic rings. The molecule has 0 rings (SSSR count). The second-order valence-electron chi connectivity index (χ2n) is 14.3. The van der Waals surface area contributed by atoms with Crippen molar-refractivity contribution in [3.63, 3.8) is 0 Å². The first kappa shape index (κ1) is 54.3. The van der Waals surface area contributed by atoms with Gasteiger partial charge in [0, 0.05) is 19.3 Å². The number of esters is 2. The normalized spacial score (nSPS) is 14.2. The first-order valence-corrected chi connectivity index (χ1v) is 24.0. The van der Waals surface area contributed by atoms with E-state index in [9.17, 15) is 33.5 Å². The summed E-state index contributed by atoms with van der Waals surface area (Å²) in [5.74, 6) is -1.03. The summed E-state index contributed by atoms with van der Waals surface area (Å²) >= 11 is 0. The molecule has 16 heteroatoms. The molecule has 0 radical (unpaired) electrons. The molecule has 0 aromatic heterocycles. The maximum atomic E-state index is 12.6. The molecule has 0 aromatic carbocycles. The Morgan fingerprint density at radius 1 is 0.554 bits per heavy atom. The molecule has 328 valence electrons. The van der Waals surface area contributed by atoms with E-state index in [1.165, 1.54) is 64.2 Å². The van der Waals surface area contributed by atoms with Crippen LogP contribution in [0.4, 0.5) is 0 Å². The summed E-state index contributed by atoms with van der Waals surface area (Å²) in [6, 6.07) is 0. The van der Waals surface area contributed by atoms with Gasteiger partial charge in [-0.05, 0) is 38.2 Å². The number of phosphoric acid groups is 2. The number of aliphatic hydroxyl groups is 1. The van der Waals surface area contributed by atoms with Crippen LogP contribution in [0.3, 0.4) is 0 Å². The minimum absolute atomic E-state index is 0.0878. The Morgan fingerprint density at radius 2 is 1.02 bits per heavy atom. The Balaban J connectivity index is 4.60. The van der Waals surface area contributed by atoms with Crippen molar-refractivity contribution in [1.29, 1.82) is 0 Å². The van der Waals surface area contributed by atoms with Crippen LogP contribution in [0.25, 0.3) is 0 Å². The number of ketones is 1. The average molecular weight is 841 g/mol. The van der Waals surface area contributed by atoms with E-state index < -0.39 is 66.2 Å². The summed E-state index contributed by atoms with van der Waals surface area (Å²) in [4.78, 5) is 64.6. The zero-order valence-electron chi connectivity index (χ0n) is 34.2. The van der Waals surface area contributed by atoms with Gasteiger partial charge in [0.05, 0.1) is 19.8 Å². The smallest absolute Gasteiger partial charge is 0.462 e. The zero-order valence-corrected chi connectivity index (χ0v) is 36.0. The van der Waals surface area contributed by atoms with E-state index in [2.05, 4.69) is 29.0 Å². The molecule has 0 saturated heterocycles. The number of unbranched alkanes of at least 4 members (excludes halogenated alkanes) is 19. The van der Waals surface area contributed by atoms with Crippen molar-refractivity contribution in [2.45, 2.75) is 187 Å². The second-order valence-corrected chi connectivity index (χ2v) is 17.0. The highest BCUT2D eigenvalue weighted by molar-refractivity contribution is 7.47. The first-order chi connectivity index (χ1) is 26.8. The predicted octanol–water partition coefficient (Wildman–Crippen LogP) is 9.52. The fourth-order valence-electron chi connectivity index (χ4n) is 5.56. The van der Waals surface area contributed by atoms with E-state index >= 15 is 0 Å². The topological polar surface area (TPSA) is 212 Å². The number of allylic oxidation sites excluding steroid dienone is 4. The summed E-state index contributed by atoms with van der Waals surface area (Å²) in [6.45, 7) is 1.58. The van der Waals surface area contributed by atoms with Crippen LogP contribution in [0.1, 0.15) is 174 Å². The van der Waals surface area contributed by atoms with E-state index in [1.807, 2.05) is 6.08 Å². The average Bonchev–Trinajstić information content (AvgIpc) is 3.15. The lowest BCUT2D eigenvalue weighted by atomic mass is 10.0. The highest BCUT2D eigenvalue weighted by atomic mass is 31.2. The maximum Gasteiger partial charge on any atom is 0.472 e. The first-order valence-electron chi connectivity index (χ1n) is 21.0. The Bertz CT molecular complexity index is 1160. The number of phosphoric ester groups is 2. The van der Waals surface area contributed by atoms with Crippen LogP contribution in [0, 0.1) is 0 Å². The van der Waals surface area contributed by atoms with Gasteiger partial charge >= 0.3 is 27.6 Å². The van der Waals surface area contributed by atoms with E-state index in [4.69, 9.17) is 23.8 Å². The van der Waals surface area contributed by atoms with Crippen LogP contribution in [0.15, 0.2) is 24.3 Å². The van der Waals surface area contributed by atoms with E-state index in [-0.39, 0.29) is 18.6 Å². The number of hydrogen-bond acceptors (Lipinski definition) is 11. The zero-order chi connectivity index (χ0) is 41.8. The van der Waals surface area contributed by atoms with Crippen molar-refractivity contribution in [3.05, 3.63) is 24.3 Å². The van der Waals surface area contributed by atoms with Crippen LogP contribution in [-0.4, -0.2) is 76.1 Å². The fraction of sp³-hybridized carbons (Fsp3) is 0.825. The van der Waals surface area contributed by atoms with Crippen LogP contribution >= 0.6 is 15.6 Å². The van der Waals surface area contributed by atoms with Gasteiger partial charge in [-0.15, -0.1) is 0 Å². The number of carbonyl (C=O) groups is 3. The third kappa shape index (κ3) is 39.1. The van der Waals surface area contributed by atoms with Crippen LogP contribution in [0.5, 0.6) is 0 Å². The van der Waals surface area contributed by atoms with Crippen molar-refractivity contribution in [2.24, 2.45) is 0 Å². The van der Waals surface area contributed by atoms with Gasteiger partial charge < -0.3 is 29.3 Å². The van der Waals surface area contributed by atoms with Gasteiger partial charge in [0.2, 0.25) is 0 Å².